The summed E-state index contributed by atoms with van der Waals surface area (Å²) >= 11 is 0.290. The predicted molar refractivity (Wildman–Crippen MR) is 87.0 cm³/mol. The number of hydrogen-bond donors (Lipinski definition) is 0. The van der Waals surface area contributed by atoms with E-state index in [9.17, 15) is 15.3 Å². The summed E-state index contributed by atoms with van der Waals surface area (Å²) in [6, 6.07) is 0. The Morgan fingerprint density at radius 1 is 0.955 bits per heavy atom. The Morgan fingerprint density at radius 3 is 1.64 bits per heavy atom. The van der Waals surface area contributed by atoms with Crippen LogP contribution in [0, 0.1) is 0 Å². The Kier molecular flexibility index (Phi) is 25.8. The molecule has 22 heavy (non-hydrogen) atoms. The van der Waals surface area contributed by atoms with Crippen molar-refractivity contribution in [1.82, 2.24) is 0 Å². The van der Waals surface area contributed by atoms with Crippen molar-refractivity contribution < 1.29 is 34.5 Å². The summed E-state index contributed by atoms with van der Waals surface area (Å²) < 4.78 is 3.25. The molecule has 0 heterocycles. The van der Waals surface area contributed by atoms with Gasteiger partial charge in [0.15, 0.2) is 0 Å². The third-order valence-electron chi connectivity index (χ3n) is 1.65. The van der Waals surface area contributed by atoms with E-state index in [1.165, 1.54) is 24.0 Å². The van der Waals surface area contributed by atoms with Crippen molar-refractivity contribution in [3.63, 3.8) is 0 Å². The molecule has 4 heteroatoms. The summed E-state index contributed by atoms with van der Waals surface area (Å²) in [5, 5.41) is 28.6. The number of allylic oxidation sites excluding steroid dienone is 4. The molecule has 3 nitrogen and oxygen atoms in total. The van der Waals surface area contributed by atoms with Crippen molar-refractivity contribution in [3.05, 3.63) is 22.1 Å². The molecule has 1 aliphatic rings. The van der Waals surface area contributed by atoms with Crippen LogP contribution < -0.4 is 15.3 Å². The molecule has 0 saturated carbocycles. The minimum absolute atomic E-state index is 0.290. The van der Waals surface area contributed by atoms with Gasteiger partial charge in [-0.15, -0.1) is 18.3 Å². The Morgan fingerprint density at radius 2 is 1.36 bits per heavy atom. The maximum absolute atomic E-state index is 9.53. The number of unbranched alkanes of at least 4 members (excludes halogenated alkanes) is 1. The minimum atomic E-state index is -0.417. The van der Waals surface area contributed by atoms with Gasteiger partial charge in [0.25, 0.3) is 0 Å². The Bertz CT molecular complexity index is 237. The first-order chi connectivity index (χ1) is 10.1. The molecule has 0 spiro atoms. The molecule has 0 radical (unpaired) electrons. The van der Waals surface area contributed by atoms with Crippen LogP contribution in [0.5, 0.6) is 0 Å². The van der Waals surface area contributed by atoms with Gasteiger partial charge in [-0.25, -0.2) is 0 Å². The van der Waals surface area contributed by atoms with Crippen molar-refractivity contribution in [2.75, 3.05) is 0 Å². The first-order valence-electron chi connectivity index (χ1n) is 8.20. The van der Waals surface area contributed by atoms with Crippen LogP contribution in [0.2, 0.25) is 4.73 Å². The molecule has 129 valence electrons. The van der Waals surface area contributed by atoms with Gasteiger partial charge in [-0.05, 0) is 0 Å². The molecule has 0 saturated heterocycles. The monoisotopic (exact) mass is 347 g/mol. The SMILES string of the molecule is CC(C)[O-].CC(C)[O-].CC(C)[O-].CCC[CH2][Ti+3][C]1=CC=CC1. The molecule has 0 fully saturated rings. The second kappa shape index (κ2) is 21.1. The molecular weight excluding hydrogens is 312 g/mol. The van der Waals surface area contributed by atoms with E-state index in [1.54, 1.807) is 45.4 Å². The van der Waals surface area contributed by atoms with Crippen LogP contribution in [0.3, 0.4) is 0 Å². The zero-order valence-electron chi connectivity index (χ0n) is 15.5. The van der Waals surface area contributed by atoms with E-state index in [2.05, 4.69) is 25.2 Å². The molecule has 0 N–H and O–H groups in total. The van der Waals surface area contributed by atoms with Gasteiger partial charge in [0.05, 0.1) is 0 Å². The number of rotatable bonds is 4. The summed E-state index contributed by atoms with van der Waals surface area (Å²) in [4.78, 5) is 0. The summed E-state index contributed by atoms with van der Waals surface area (Å²) in [7, 11) is 0. The molecular formula is C18H35O3Ti. The quantitative estimate of drug-likeness (QED) is 0.579. The van der Waals surface area contributed by atoms with Crippen LogP contribution in [0.4, 0.5) is 0 Å². The van der Waals surface area contributed by atoms with Crippen LogP contribution in [-0.4, -0.2) is 18.3 Å². The van der Waals surface area contributed by atoms with Crippen LogP contribution >= 0.6 is 0 Å². The molecule has 0 bridgehead atoms. The summed E-state index contributed by atoms with van der Waals surface area (Å²) in [6.45, 7) is 11.9. The van der Waals surface area contributed by atoms with Gasteiger partial charge >= 0.3 is 72.2 Å². The Labute approximate surface area is 147 Å². The molecule has 1 rings (SSSR count). The first-order valence-corrected chi connectivity index (χ1v) is 10.1. The second-order valence-corrected chi connectivity index (χ2v) is 8.09. The van der Waals surface area contributed by atoms with E-state index in [0.717, 1.165) is 0 Å². The topological polar surface area (TPSA) is 69.2 Å². The third kappa shape index (κ3) is 50.1. The molecule has 1 aliphatic carbocycles. The van der Waals surface area contributed by atoms with Crippen molar-refractivity contribution in [3.8, 4) is 0 Å². The molecule has 0 amide bonds. The van der Waals surface area contributed by atoms with Crippen molar-refractivity contribution >= 4 is 0 Å². The van der Waals surface area contributed by atoms with E-state index in [-0.39, 0.29) is 19.2 Å². The van der Waals surface area contributed by atoms with Gasteiger partial charge in [0.2, 0.25) is 0 Å². The fraction of sp³-hybridized carbons (Fsp3) is 0.778. The van der Waals surface area contributed by atoms with E-state index < -0.39 is 18.3 Å². The summed E-state index contributed by atoms with van der Waals surface area (Å²) in [5.41, 5.74) is 0. The van der Waals surface area contributed by atoms with E-state index in [0.29, 0.717) is 0 Å². The molecule has 0 aromatic heterocycles. The summed E-state index contributed by atoms with van der Waals surface area (Å²) in [5.74, 6) is 0. The zero-order valence-corrected chi connectivity index (χ0v) is 17.1. The van der Waals surface area contributed by atoms with E-state index in [1.807, 2.05) is 0 Å². The molecule has 0 unspecified atom stereocenters. The maximum atomic E-state index is 9.53. The molecule has 0 aromatic carbocycles. The second-order valence-electron chi connectivity index (χ2n) is 5.75. The average molecular weight is 347 g/mol. The first kappa shape index (κ1) is 26.9. The van der Waals surface area contributed by atoms with Gasteiger partial charge in [0, 0.05) is 0 Å². The van der Waals surface area contributed by atoms with E-state index >= 15 is 0 Å². The Hall–Kier alpha value is 0.0743. The van der Waals surface area contributed by atoms with Crippen LogP contribution in [0.15, 0.2) is 22.1 Å². The van der Waals surface area contributed by atoms with Gasteiger partial charge < -0.3 is 15.3 Å². The molecule has 0 aromatic rings. The van der Waals surface area contributed by atoms with Crippen molar-refractivity contribution in [1.29, 1.82) is 0 Å². The third-order valence-corrected chi connectivity index (χ3v) is 3.88. The van der Waals surface area contributed by atoms with Crippen molar-refractivity contribution in [2.45, 2.75) is 90.8 Å². The van der Waals surface area contributed by atoms with Crippen LogP contribution in [0.1, 0.15) is 67.7 Å². The van der Waals surface area contributed by atoms with Crippen LogP contribution in [-0.2, 0) is 19.2 Å². The van der Waals surface area contributed by atoms with Crippen LogP contribution in [0.25, 0.3) is 0 Å². The Balaban J connectivity index is -0.000000253. The van der Waals surface area contributed by atoms with Crippen molar-refractivity contribution in [2.24, 2.45) is 0 Å². The van der Waals surface area contributed by atoms with Gasteiger partial charge in [-0.2, -0.15) is 0 Å². The summed E-state index contributed by atoms with van der Waals surface area (Å²) in [6.07, 6.45) is 9.61. The van der Waals surface area contributed by atoms with Gasteiger partial charge in [0.1, 0.15) is 0 Å². The van der Waals surface area contributed by atoms with Gasteiger partial charge in [-0.1, -0.05) is 41.5 Å². The fourth-order valence-corrected chi connectivity index (χ4v) is 3.08. The normalized spacial score (nSPS) is 11.8. The predicted octanol–water partition coefficient (Wildman–Crippen LogP) is 2.40. The molecule has 0 aliphatic heterocycles. The fourth-order valence-electron chi connectivity index (χ4n) is 1.00. The van der Waals surface area contributed by atoms with Gasteiger partial charge in [-0.3, -0.25) is 0 Å². The number of hydrogen-bond acceptors (Lipinski definition) is 3. The van der Waals surface area contributed by atoms with E-state index in [4.69, 9.17) is 0 Å². The molecule has 0 atom stereocenters. The zero-order chi connectivity index (χ0) is 18.0. The standard InChI is InChI=1S/C5H5.C4H9.3C3H7O.Ti/c1-2-4-5-3-1;1-3-4-2;3*1-3(2)4;/h1-3H,4H2;1,3-4H2,2H3;3*3H,1-2H3;/q;;3*-1;+3. The average Bonchev–Trinajstić information content (AvgIpc) is 2.80.